The van der Waals surface area contributed by atoms with Crippen LogP contribution in [-0.2, 0) is 0 Å². The van der Waals surface area contributed by atoms with Crippen LogP contribution >= 0.6 is 17.0 Å². The van der Waals surface area contributed by atoms with E-state index in [4.69, 9.17) is 5.11 Å². The molecule has 0 atom stereocenters. The molecule has 1 aromatic carbocycles. The maximum Gasteiger partial charge on any atom is 0.0797 e. The number of aliphatic hydroxyl groups is 1. The van der Waals surface area contributed by atoms with Gasteiger partial charge < -0.3 is 5.11 Å². The van der Waals surface area contributed by atoms with E-state index in [0.29, 0.717) is 0 Å². The SMILES string of the molecule is Br.OC=Cc1ccccc1. The molecule has 2 heteroatoms. The van der Waals surface area contributed by atoms with Crippen molar-refractivity contribution in [1.29, 1.82) is 0 Å². The van der Waals surface area contributed by atoms with E-state index < -0.39 is 0 Å². The Morgan fingerprint density at radius 2 is 1.70 bits per heavy atom. The van der Waals surface area contributed by atoms with Gasteiger partial charge in [-0.3, -0.25) is 0 Å². The van der Waals surface area contributed by atoms with Gasteiger partial charge in [-0.1, -0.05) is 30.3 Å². The first kappa shape index (κ1) is 9.24. The summed E-state index contributed by atoms with van der Waals surface area (Å²) < 4.78 is 0. The molecule has 0 heterocycles. The van der Waals surface area contributed by atoms with Crippen LogP contribution in [0.15, 0.2) is 36.6 Å². The first-order valence-corrected chi connectivity index (χ1v) is 2.79. The van der Waals surface area contributed by atoms with Crippen LogP contribution in [0.1, 0.15) is 5.56 Å². The predicted molar refractivity (Wildman–Crippen MR) is 48.4 cm³/mol. The second kappa shape index (κ2) is 5.06. The molecule has 1 rings (SSSR count). The highest BCUT2D eigenvalue weighted by molar-refractivity contribution is 8.93. The van der Waals surface area contributed by atoms with E-state index in [1.807, 2.05) is 30.3 Å². The van der Waals surface area contributed by atoms with E-state index in [-0.39, 0.29) is 17.0 Å². The van der Waals surface area contributed by atoms with Crippen molar-refractivity contribution in [2.75, 3.05) is 0 Å². The van der Waals surface area contributed by atoms with Crippen LogP contribution in [-0.4, -0.2) is 5.11 Å². The van der Waals surface area contributed by atoms with Crippen molar-refractivity contribution >= 4 is 23.1 Å². The number of hydrogen-bond acceptors (Lipinski definition) is 1. The monoisotopic (exact) mass is 200 g/mol. The molecule has 1 aromatic rings. The molecule has 0 spiro atoms. The Labute approximate surface area is 70.8 Å². The highest BCUT2D eigenvalue weighted by atomic mass is 79.9. The molecule has 0 saturated carbocycles. The van der Waals surface area contributed by atoms with Crippen molar-refractivity contribution in [2.45, 2.75) is 0 Å². The second-order valence-electron chi connectivity index (χ2n) is 1.73. The van der Waals surface area contributed by atoms with Gasteiger partial charge in [0.2, 0.25) is 0 Å². The quantitative estimate of drug-likeness (QED) is 0.692. The third kappa shape index (κ3) is 2.69. The van der Waals surface area contributed by atoms with Crippen LogP contribution in [0.5, 0.6) is 0 Å². The topological polar surface area (TPSA) is 20.2 Å². The molecule has 1 N–H and O–H groups in total. The van der Waals surface area contributed by atoms with Gasteiger partial charge in [-0.05, 0) is 11.6 Å². The molecule has 0 aliphatic rings. The standard InChI is InChI=1S/C8H8O.BrH/c9-7-6-8-4-2-1-3-5-8;/h1-7,9H;1H. The highest BCUT2D eigenvalue weighted by Crippen LogP contribution is 1.98. The summed E-state index contributed by atoms with van der Waals surface area (Å²) in [5.41, 5.74) is 1.01. The Kier molecular flexibility index (Phi) is 4.67. The van der Waals surface area contributed by atoms with E-state index in [2.05, 4.69) is 0 Å². The smallest absolute Gasteiger partial charge is 0.0797 e. The summed E-state index contributed by atoms with van der Waals surface area (Å²) in [7, 11) is 0. The van der Waals surface area contributed by atoms with Crippen LogP contribution in [0, 0.1) is 0 Å². The third-order valence-electron chi connectivity index (χ3n) is 1.07. The van der Waals surface area contributed by atoms with Crippen LogP contribution < -0.4 is 0 Å². The van der Waals surface area contributed by atoms with Gasteiger partial charge in [-0.15, -0.1) is 17.0 Å². The zero-order chi connectivity index (χ0) is 6.53. The molecule has 1 nitrogen and oxygen atoms in total. The van der Waals surface area contributed by atoms with Crippen molar-refractivity contribution in [3.8, 4) is 0 Å². The summed E-state index contributed by atoms with van der Waals surface area (Å²) in [6, 6.07) is 9.64. The summed E-state index contributed by atoms with van der Waals surface area (Å²) in [5.74, 6) is 0. The minimum absolute atomic E-state index is 0. The number of hydrogen-bond donors (Lipinski definition) is 1. The maximum atomic E-state index is 8.34. The Hall–Kier alpha value is -0.760. The van der Waals surface area contributed by atoms with E-state index in [0.717, 1.165) is 11.8 Å². The lowest BCUT2D eigenvalue weighted by Gasteiger charge is -1.86. The molecule has 0 saturated heterocycles. The third-order valence-corrected chi connectivity index (χ3v) is 1.07. The van der Waals surface area contributed by atoms with Gasteiger partial charge in [0.05, 0.1) is 6.26 Å². The predicted octanol–water partition coefficient (Wildman–Crippen LogP) is 2.79. The fraction of sp³-hybridized carbons (Fsp3) is 0. The van der Waals surface area contributed by atoms with Crippen molar-refractivity contribution in [3.63, 3.8) is 0 Å². The van der Waals surface area contributed by atoms with E-state index in [9.17, 15) is 0 Å². The zero-order valence-corrected chi connectivity index (χ0v) is 7.11. The van der Waals surface area contributed by atoms with E-state index in [1.165, 1.54) is 0 Å². The Bertz CT molecular complexity index is 194. The first-order chi connectivity index (χ1) is 4.43. The largest absolute Gasteiger partial charge is 0.516 e. The molecular formula is C8H9BrO. The summed E-state index contributed by atoms with van der Waals surface area (Å²) in [4.78, 5) is 0. The van der Waals surface area contributed by atoms with Gasteiger partial charge in [0.25, 0.3) is 0 Å². The van der Waals surface area contributed by atoms with Crippen molar-refractivity contribution in [3.05, 3.63) is 42.2 Å². The van der Waals surface area contributed by atoms with Crippen molar-refractivity contribution in [1.82, 2.24) is 0 Å². The normalized spacial score (nSPS) is 9.20. The molecule has 0 unspecified atom stereocenters. The molecule has 54 valence electrons. The molecule has 0 aliphatic heterocycles. The van der Waals surface area contributed by atoms with Crippen molar-refractivity contribution in [2.24, 2.45) is 0 Å². The van der Waals surface area contributed by atoms with Crippen molar-refractivity contribution < 1.29 is 5.11 Å². The molecule has 0 aliphatic carbocycles. The summed E-state index contributed by atoms with van der Waals surface area (Å²) in [6.45, 7) is 0. The number of halogens is 1. The van der Waals surface area contributed by atoms with Crippen LogP contribution in [0.4, 0.5) is 0 Å². The molecular weight excluding hydrogens is 192 g/mol. The molecule has 0 amide bonds. The van der Waals surface area contributed by atoms with Crippen LogP contribution in [0.3, 0.4) is 0 Å². The lowest BCUT2D eigenvalue weighted by Crippen LogP contribution is -1.66. The molecule has 0 radical (unpaired) electrons. The van der Waals surface area contributed by atoms with Crippen LogP contribution in [0.2, 0.25) is 0 Å². The highest BCUT2D eigenvalue weighted by Gasteiger charge is 1.78. The second-order valence-corrected chi connectivity index (χ2v) is 1.73. The summed E-state index contributed by atoms with van der Waals surface area (Å²) in [5, 5.41) is 8.34. The fourth-order valence-corrected chi connectivity index (χ4v) is 0.650. The number of benzene rings is 1. The lowest BCUT2D eigenvalue weighted by atomic mass is 10.2. The van der Waals surface area contributed by atoms with Gasteiger partial charge in [-0.2, -0.15) is 0 Å². The first-order valence-electron chi connectivity index (χ1n) is 2.79. The Morgan fingerprint density at radius 3 is 2.20 bits per heavy atom. The molecule has 0 bridgehead atoms. The number of rotatable bonds is 1. The van der Waals surface area contributed by atoms with Gasteiger partial charge >= 0.3 is 0 Å². The van der Waals surface area contributed by atoms with Gasteiger partial charge in [0.1, 0.15) is 0 Å². The summed E-state index contributed by atoms with van der Waals surface area (Å²) >= 11 is 0. The van der Waals surface area contributed by atoms with E-state index >= 15 is 0 Å². The van der Waals surface area contributed by atoms with Gasteiger partial charge in [-0.25, -0.2) is 0 Å². The maximum absolute atomic E-state index is 8.34. The zero-order valence-electron chi connectivity index (χ0n) is 5.40. The Balaban J connectivity index is 0.000000810. The average Bonchev–Trinajstić information content (AvgIpc) is 1.91. The average molecular weight is 201 g/mol. The van der Waals surface area contributed by atoms with Crippen LogP contribution in [0.25, 0.3) is 6.08 Å². The number of aliphatic hydroxyl groups excluding tert-OH is 1. The van der Waals surface area contributed by atoms with E-state index in [1.54, 1.807) is 6.08 Å². The lowest BCUT2D eigenvalue weighted by molar-refractivity contribution is 0.478. The van der Waals surface area contributed by atoms with Gasteiger partial charge in [0.15, 0.2) is 0 Å². The molecule has 0 aromatic heterocycles. The minimum Gasteiger partial charge on any atom is -0.516 e. The Morgan fingerprint density at radius 1 is 1.10 bits per heavy atom. The molecule has 10 heavy (non-hydrogen) atoms. The molecule has 0 fully saturated rings. The minimum atomic E-state index is 0. The van der Waals surface area contributed by atoms with Gasteiger partial charge in [0, 0.05) is 0 Å². The summed E-state index contributed by atoms with van der Waals surface area (Å²) in [6.07, 6.45) is 2.68. The fourth-order valence-electron chi connectivity index (χ4n) is 0.650.